The molecule has 2 fully saturated rings. The molecule has 0 bridgehead atoms. The Morgan fingerprint density at radius 2 is 1.69 bits per heavy atom. The summed E-state index contributed by atoms with van der Waals surface area (Å²) in [4.78, 5) is 39.5. The monoisotopic (exact) mass is 574 g/mol. The van der Waals surface area contributed by atoms with Crippen LogP contribution in [0.3, 0.4) is 0 Å². The van der Waals surface area contributed by atoms with E-state index in [1.807, 2.05) is 48.7 Å². The number of carbonyl (C=O) groups is 2. The summed E-state index contributed by atoms with van der Waals surface area (Å²) in [6.45, 7) is 6.60. The third-order valence-corrected chi connectivity index (χ3v) is 8.45. The van der Waals surface area contributed by atoms with Crippen LogP contribution in [0, 0.1) is 11.8 Å². The van der Waals surface area contributed by atoms with Gasteiger partial charge in [0.15, 0.2) is 0 Å². The number of nitrogens with one attached hydrogen (secondary N) is 2. The summed E-state index contributed by atoms with van der Waals surface area (Å²) in [5.41, 5.74) is 3.01. The molecule has 3 heterocycles. The molecule has 10 nitrogen and oxygen atoms in total. The van der Waals surface area contributed by atoms with Crippen molar-refractivity contribution in [2.75, 3.05) is 57.8 Å². The number of amides is 2. The van der Waals surface area contributed by atoms with Crippen LogP contribution in [0.1, 0.15) is 43.0 Å². The molecule has 0 spiro atoms. The van der Waals surface area contributed by atoms with Gasteiger partial charge in [-0.3, -0.25) is 4.79 Å². The molecule has 1 saturated carbocycles. The van der Waals surface area contributed by atoms with Crippen LogP contribution < -0.4 is 15.5 Å². The Balaban J connectivity index is 1.19. The molecule has 0 radical (unpaired) electrons. The molecular weight excluding hydrogens is 532 g/mol. The fraction of sp³-hybridized carbons (Fsp3) is 0.500. The van der Waals surface area contributed by atoms with Gasteiger partial charge in [-0.25, -0.2) is 14.8 Å². The van der Waals surface area contributed by atoms with Gasteiger partial charge in [-0.15, -0.1) is 0 Å². The number of carbonyl (C=O) groups excluding carboxylic acids is 2. The summed E-state index contributed by atoms with van der Waals surface area (Å²) in [7, 11) is 2.14. The summed E-state index contributed by atoms with van der Waals surface area (Å²) in [6.07, 6.45) is 4.79. The van der Waals surface area contributed by atoms with Gasteiger partial charge in [-0.2, -0.15) is 0 Å². The van der Waals surface area contributed by atoms with Crippen LogP contribution in [0.5, 0.6) is 0 Å². The molecular formula is C32H42N6O4. The molecule has 1 atom stereocenters. The van der Waals surface area contributed by atoms with Gasteiger partial charge >= 0.3 is 6.09 Å². The van der Waals surface area contributed by atoms with Gasteiger partial charge in [0.1, 0.15) is 11.9 Å². The second kappa shape index (κ2) is 13.9. The quantitative estimate of drug-likeness (QED) is 0.354. The number of aromatic nitrogens is 2. The van der Waals surface area contributed by atoms with Crippen molar-refractivity contribution in [1.82, 2.24) is 25.5 Å². The number of rotatable bonds is 9. The van der Waals surface area contributed by atoms with Crippen molar-refractivity contribution < 1.29 is 19.4 Å². The van der Waals surface area contributed by atoms with Crippen LogP contribution in [0.2, 0.25) is 0 Å². The summed E-state index contributed by atoms with van der Waals surface area (Å²) < 4.78 is 5.06. The van der Waals surface area contributed by atoms with E-state index in [1.165, 1.54) is 0 Å². The summed E-state index contributed by atoms with van der Waals surface area (Å²) in [5.74, 6) is 1.65. The first kappa shape index (κ1) is 29.7. The van der Waals surface area contributed by atoms with Gasteiger partial charge in [-0.1, -0.05) is 18.2 Å². The Kier molecular flexibility index (Phi) is 9.86. The first-order chi connectivity index (χ1) is 20.4. The van der Waals surface area contributed by atoms with E-state index in [9.17, 15) is 9.59 Å². The van der Waals surface area contributed by atoms with Gasteiger partial charge in [0.2, 0.25) is 0 Å². The second-order valence-corrected chi connectivity index (χ2v) is 11.6. The highest BCUT2D eigenvalue weighted by atomic mass is 16.6. The number of aliphatic hydroxyl groups excluding tert-OH is 1. The normalized spacial score (nSPS) is 20.2. The number of hydrogen-bond donors (Lipinski definition) is 3. The van der Waals surface area contributed by atoms with Gasteiger partial charge in [0, 0.05) is 56.4 Å². The van der Waals surface area contributed by atoms with E-state index in [0.29, 0.717) is 30.5 Å². The highest BCUT2D eigenvalue weighted by Gasteiger charge is 2.23. The fourth-order valence-electron chi connectivity index (χ4n) is 5.73. The Bertz CT molecular complexity index is 1350. The van der Waals surface area contributed by atoms with Crippen molar-refractivity contribution in [3.8, 4) is 11.3 Å². The smallest absolute Gasteiger partial charge is 0.407 e. The van der Waals surface area contributed by atoms with Crippen molar-refractivity contribution in [3.05, 3.63) is 54.2 Å². The molecule has 5 rings (SSSR count). The lowest BCUT2D eigenvalue weighted by Gasteiger charge is -2.33. The Morgan fingerprint density at radius 1 is 1.00 bits per heavy atom. The minimum Gasteiger partial charge on any atom is -0.444 e. The number of pyridine rings is 2. The van der Waals surface area contributed by atoms with Crippen LogP contribution in [0.25, 0.3) is 22.2 Å². The van der Waals surface area contributed by atoms with Crippen molar-refractivity contribution >= 4 is 28.7 Å². The largest absolute Gasteiger partial charge is 0.444 e. The molecule has 42 heavy (non-hydrogen) atoms. The molecule has 1 unspecified atom stereocenters. The molecule has 2 aromatic heterocycles. The number of anilines is 1. The zero-order valence-corrected chi connectivity index (χ0v) is 24.6. The van der Waals surface area contributed by atoms with Crippen molar-refractivity contribution in [3.63, 3.8) is 0 Å². The maximum Gasteiger partial charge on any atom is 0.407 e. The van der Waals surface area contributed by atoms with Gasteiger partial charge in [0.05, 0.1) is 23.4 Å². The topological polar surface area (TPSA) is 120 Å². The van der Waals surface area contributed by atoms with E-state index in [-0.39, 0.29) is 12.5 Å². The predicted octanol–water partition coefficient (Wildman–Crippen LogP) is 3.69. The average Bonchev–Trinajstić information content (AvgIpc) is 3.03. The second-order valence-electron chi connectivity index (χ2n) is 11.6. The fourth-order valence-corrected chi connectivity index (χ4v) is 5.73. The van der Waals surface area contributed by atoms with Crippen molar-refractivity contribution in [2.24, 2.45) is 11.8 Å². The lowest BCUT2D eigenvalue weighted by atomic mass is 9.82. The van der Waals surface area contributed by atoms with Crippen molar-refractivity contribution in [1.29, 1.82) is 0 Å². The van der Waals surface area contributed by atoms with E-state index < -0.39 is 12.2 Å². The minimum absolute atomic E-state index is 0.0959. The molecule has 1 aliphatic heterocycles. The van der Waals surface area contributed by atoms with Crippen LogP contribution in [0.4, 0.5) is 10.6 Å². The van der Waals surface area contributed by atoms with E-state index in [2.05, 4.69) is 27.5 Å². The number of ether oxygens (including phenoxy) is 1. The third-order valence-electron chi connectivity index (χ3n) is 8.45. The molecule has 3 aromatic rings. The summed E-state index contributed by atoms with van der Waals surface area (Å²) >= 11 is 0. The Hall–Kier alpha value is -3.76. The summed E-state index contributed by atoms with van der Waals surface area (Å²) in [5, 5.41) is 15.8. The zero-order valence-electron chi connectivity index (χ0n) is 24.6. The SMILES string of the molecule is CC(CO)OC(=O)NCC1CCC(CNC(=O)c2cc(-c3ccc(N4CCN(C)CC4)nc3)nc3ccccc23)CC1. The number of piperazine rings is 1. The molecule has 224 valence electrons. The summed E-state index contributed by atoms with van der Waals surface area (Å²) in [6, 6.07) is 13.7. The highest BCUT2D eigenvalue weighted by Crippen LogP contribution is 2.29. The number of alkyl carbamates (subject to hydrolysis) is 1. The van der Waals surface area contributed by atoms with E-state index in [0.717, 1.165) is 79.8 Å². The standard InChI is InChI=1S/C32H42N6O4/c1-22(21-39)42-32(41)35-19-24-9-7-23(8-10-24)18-34-31(40)27-17-29(36-28-6-4-3-5-26(27)28)25-11-12-30(33-20-25)38-15-13-37(2)14-16-38/h3-6,11-12,17,20,22-24,39H,7-10,13-16,18-19,21H2,1-2H3,(H,34,40)(H,35,41). The number of hydrogen-bond acceptors (Lipinski definition) is 8. The van der Waals surface area contributed by atoms with Crippen LogP contribution in [0.15, 0.2) is 48.7 Å². The minimum atomic E-state index is -0.512. The van der Waals surface area contributed by atoms with Gasteiger partial charge in [0.25, 0.3) is 5.91 Å². The van der Waals surface area contributed by atoms with E-state index in [4.69, 9.17) is 19.8 Å². The first-order valence-corrected chi connectivity index (χ1v) is 15.0. The number of nitrogens with zero attached hydrogens (tertiary/aromatic N) is 4. The van der Waals surface area contributed by atoms with Crippen LogP contribution >= 0.6 is 0 Å². The number of fused-ring (bicyclic) bond motifs is 1. The molecule has 1 aliphatic carbocycles. The number of para-hydroxylation sites is 1. The molecule has 3 N–H and O–H groups in total. The van der Waals surface area contributed by atoms with Crippen LogP contribution in [-0.2, 0) is 4.74 Å². The van der Waals surface area contributed by atoms with Crippen molar-refractivity contribution in [2.45, 2.75) is 38.7 Å². The van der Waals surface area contributed by atoms with E-state index >= 15 is 0 Å². The maximum absolute atomic E-state index is 13.5. The molecule has 1 saturated heterocycles. The lowest BCUT2D eigenvalue weighted by molar-refractivity contribution is 0.0666. The average molecular weight is 575 g/mol. The van der Waals surface area contributed by atoms with Gasteiger partial charge < -0.3 is 30.3 Å². The predicted molar refractivity (Wildman–Crippen MR) is 163 cm³/mol. The maximum atomic E-state index is 13.5. The number of benzene rings is 1. The zero-order chi connectivity index (χ0) is 29.5. The van der Waals surface area contributed by atoms with E-state index in [1.54, 1.807) is 6.92 Å². The molecule has 10 heteroatoms. The Labute approximate surface area is 247 Å². The first-order valence-electron chi connectivity index (χ1n) is 15.0. The Morgan fingerprint density at radius 3 is 2.36 bits per heavy atom. The highest BCUT2D eigenvalue weighted by molar-refractivity contribution is 6.07. The molecule has 2 aliphatic rings. The molecule has 2 amide bonds. The van der Waals surface area contributed by atoms with Crippen LogP contribution in [-0.4, -0.2) is 91.0 Å². The van der Waals surface area contributed by atoms with Gasteiger partial charge in [-0.05, 0) is 75.8 Å². The third kappa shape index (κ3) is 7.54. The number of aliphatic hydroxyl groups is 1. The number of likely N-dealkylation sites (N-methyl/N-ethyl adjacent to an activating group) is 1. The lowest BCUT2D eigenvalue weighted by Crippen LogP contribution is -2.44. The molecule has 1 aromatic carbocycles.